The molecule has 2 N–H and O–H groups in total. The van der Waals surface area contributed by atoms with Gasteiger partial charge >= 0.3 is 6.03 Å². The van der Waals surface area contributed by atoms with Gasteiger partial charge in [-0.15, -0.1) is 0 Å². The van der Waals surface area contributed by atoms with Crippen molar-refractivity contribution in [2.24, 2.45) is 0 Å². The van der Waals surface area contributed by atoms with Gasteiger partial charge in [-0.3, -0.25) is 0 Å². The Balaban J connectivity index is 1.86. The molecule has 0 unspecified atom stereocenters. The zero-order valence-corrected chi connectivity index (χ0v) is 11.9. The SMILES string of the molecule is Cc1ccccc1[C@@H](C)NC(=O)NC1CCCCC1. The third kappa shape index (κ3) is 3.98. The summed E-state index contributed by atoms with van der Waals surface area (Å²) in [6.07, 6.45) is 6.01. The number of benzene rings is 1. The molecule has 1 aliphatic rings. The van der Waals surface area contributed by atoms with E-state index in [9.17, 15) is 4.79 Å². The topological polar surface area (TPSA) is 41.1 Å². The van der Waals surface area contributed by atoms with Gasteiger partial charge in [-0.2, -0.15) is 0 Å². The van der Waals surface area contributed by atoms with Crippen molar-refractivity contribution in [3.8, 4) is 0 Å². The lowest BCUT2D eigenvalue weighted by molar-refractivity contribution is 0.229. The highest BCUT2D eigenvalue weighted by Crippen LogP contribution is 2.18. The summed E-state index contributed by atoms with van der Waals surface area (Å²) in [7, 11) is 0. The Labute approximate surface area is 115 Å². The summed E-state index contributed by atoms with van der Waals surface area (Å²) >= 11 is 0. The molecule has 0 saturated heterocycles. The largest absolute Gasteiger partial charge is 0.335 e. The number of carbonyl (C=O) groups is 1. The second kappa shape index (κ2) is 6.60. The average molecular weight is 260 g/mol. The van der Waals surface area contributed by atoms with Crippen LogP contribution in [-0.2, 0) is 0 Å². The van der Waals surface area contributed by atoms with Crippen molar-refractivity contribution in [2.45, 2.75) is 58.0 Å². The maximum Gasteiger partial charge on any atom is 0.315 e. The molecule has 1 aromatic rings. The average Bonchev–Trinajstić information content (AvgIpc) is 2.40. The number of rotatable bonds is 3. The summed E-state index contributed by atoms with van der Waals surface area (Å²) in [6.45, 7) is 4.11. The third-order valence-electron chi connectivity index (χ3n) is 3.94. The molecule has 1 aliphatic carbocycles. The van der Waals surface area contributed by atoms with Crippen LogP contribution in [0.4, 0.5) is 4.79 Å². The summed E-state index contributed by atoms with van der Waals surface area (Å²) < 4.78 is 0. The van der Waals surface area contributed by atoms with Crippen LogP contribution >= 0.6 is 0 Å². The van der Waals surface area contributed by atoms with Gasteiger partial charge in [0.25, 0.3) is 0 Å². The molecule has 104 valence electrons. The molecule has 0 spiro atoms. The van der Waals surface area contributed by atoms with Crippen LogP contribution in [0.1, 0.15) is 56.2 Å². The molecular weight excluding hydrogens is 236 g/mol. The first kappa shape index (κ1) is 13.9. The van der Waals surface area contributed by atoms with E-state index >= 15 is 0 Å². The van der Waals surface area contributed by atoms with E-state index in [1.807, 2.05) is 19.1 Å². The molecule has 1 fully saturated rings. The quantitative estimate of drug-likeness (QED) is 0.855. The number of hydrogen-bond acceptors (Lipinski definition) is 1. The molecule has 0 aromatic heterocycles. The van der Waals surface area contributed by atoms with Gasteiger partial charge < -0.3 is 10.6 Å². The Morgan fingerprint density at radius 2 is 1.89 bits per heavy atom. The highest BCUT2D eigenvalue weighted by molar-refractivity contribution is 5.74. The molecule has 0 heterocycles. The molecule has 0 bridgehead atoms. The Morgan fingerprint density at radius 1 is 1.21 bits per heavy atom. The number of nitrogens with one attached hydrogen (secondary N) is 2. The van der Waals surface area contributed by atoms with Crippen LogP contribution in [0.2, 0.25) is 0 Å². The Morgan fingerprint density at radius 3 is 2.58 bits per heavy atom. The Kier molecular flexibility index (Phi) is 4.83. The van der Waals surface area contributed by atoms with Crippen molar-refractivity contribution in [3.63, 3.8) is 0 Å². The molecular formula is C16H24N2O. The van der Waals surface area contributed by atoms with E-state index in [4.69, 9.17) is 0 Å². The molecule has 0 aliphatic heterocycles. The van der Waals surface area contributed by atoms with Crippen LogP contribution in [0, 0.1) is 6.92 Å². The predicted octanol–water partition coefficient (Wildman–Crippen LogP) is 3.69. The first-order valence-electron chi connectivity index (χ1n) is 7.29. The van der Waals surface area contributed by atoms with E-state index in [1.165, 1.54) is 30.4 Å². The molecule has 0 radical (unpaired) electrons. The highest BCUT2D eigenvalue weighted by Gasteiger charge is 2.17. The molecule has 1 saturated carbocycles. The van der Waals surface area contributed by atoms with Crippen molar-refractivity contribution >= 4 is 6.03 Å². The van der Waals surface area contributed by atoms with Crippen molar-refractivity contribution in [1.29, 1.82) is 0 Å². The van der Waals surface area contributed by atoms with Crippen molar-refractivity contribution in [2.75, 3.05) is 0 Å². The number of aryl methyl sites for hydroxylation is 1. The molecule has 2 rings (SSSR count). The second-order valence-corrected chi connectivity index (χ2v) is 5.53. The van der Waals surface area contributed by atoms with E-state index in [-0.39, 0.29) is 12.1 Å². The predicted molar refractivity (Wildman–Crippen MR) is 78.1 cm³/mol. The smallest absolute Gasteiger partial charge is 0.315 e. The van der Waals surface area contributed by atoms with Gasteiger partial charge in [-0.05, 0) is 37.8 Å². The first-order chi connectivity index (χ1) is 9.16. The van der Waals surface area contributed by atoms with Crippen LogP contribution in [0.25, 0.3) is 0 Å². The van der Waals surface area contributed by atoms with E-state index in [0.717, 1.165) is 12.8 Å². The van der Waals surface area contributed by atoms with E-state index < -0.39 is 0 Å². The molecule has 1 atom stereocenters. The van der Waals surface area contributed by atoms with Crippen LogP contribution in [0.5, 0.6) is 0 Å². The van der Waals surface area contributed by atoms with Gasteiger partial charge in [-0.25, -0.2) is 4.79 Å². The zero-order valence-electron chi connectivity index (χ0n) is 11.9. The van der Waals surface area contributed by atoms with Crippen LogP contribution in [0.3, 0.4) is 0 Å². The summed E-state index contributed by atoms with van der Waals surface area (Å²) in [6, 6.07) is 8.55. The highest BCUT2D eigenvalue weighted by atomic mass is 16.2. The van der Waals surface area contributed by atoms with Crippen molar-refractivity contribution in [3.05, 3.63) is 35.4 Å². The number of hydrogen-bond donors (Lipinski definition) is 2. The van der Waals surface area contributed by atoms with Gasteiger partial charge in [0.1, 0.15) is 0 Å². The van der Waals surface area contributed by atoms with Gasteiger partial charge in [-0.1, -0.05) is 43.5 Å². The minimum absolute atomic E-state index is 0.0392. The lowest BCUT2D eigenvalue weighted by Gasteiger charge is -2.24. The number of urea groups is 1. The van der Waals surface area contributed by atoms with Crippen molar-refractivity contribution in [1.82, 2.24) is 10.6 Å². The van der Waals surface area contributed by atoms with E-state index in [1.54, 1.807) is 0 Å². The fourth-order valence-electron chi connectivity index (χ4n) is 2.82. The summed E-state index contributed by atoms with van der Waals surface area (Å²) in [5.41, 5.74) is 2.40. The maximum absolute atomic E-state index is 12.0. The second-order valence-electron chi connectivity index (χ2n) is 5.53. The lowest BCUT2D eigenvalue weighted by Crippen LogP contribution is -2.43. The van der Waals surface area contributed by atoms with Gasteiger partial charge in [0.05, 0.1) is 6.04 Å². The fraction of sp³-hybridized carbons (Fsp3) is 0.562. The molecule has 3 heteroatoms. The van der Waals surface area contributed by atoms with E-state index in [0.29, 0.717) is 6.04 Å². The Bertz CT molecular complexity index is 425. The Hall–Kier alpha value is -1.51. The monoisotopic (exact) mass is 260 g/mol. The minimum atomic E-state index is -0.0392. The van der Waals surface area contributed by atoms with E-state index in [2.05, 4.69) is 29.7 Å². The van der Waals surface area contributed by atoms with Gasteiger partial charge in [0.15, 0.2) is 0 Å². The lowest BCUT2D eigenvalue weighted by atomic mass is 9.96. The minimum Gasteiger partial charge on any atom is -0.335 e. The zero-order chi connectivity index (χ0) is 13.7. The maximum atomic E-state index is 12.0. The molecule has 1 aromatic carbocycles. The van der Waals surface area contributed by atoms with Gasteiger partial charge in [0, 0.05) is 6.04 Å². The number of carbonyl (C=O) groups excluding carboxylic acids is 1. The van der Waals surface area contributed by atoms with Gasteiger partial charge in [0.2, 0.25) is 0 Å². The summed E-state index contributed by atoms with van der Waals surface area (Å²) in [5.74, 6) is 0. The van der Waals surface area contributed by atoms with Crippen LogP contribution in [-0.4, -0.2) is 12.1 Å². The van der Waals surface area contributed by atoms with Crippen LogP contribution in [0.15, 0.2) is 24.3 Å². The fourth-order valence-corrected chi connectivity index (χ4v) is 2.82. The van der Waals surface area contributed by atoms with Crippen LogP contribution < -0.4 is 10.6 Å². The standard InChI is InChI=1S/C16H24N2O/c1-12-8-6-7-11-15(12)13(2)17-16(19)18-14-9-4-3-5-10-14/h6-8,11,13-14H,3-5,9-10H2,1-2H3,(H2,17,18,19)/t13-/m1/s1. The molecule has 2 amide bonds. The summed E-state index contributed by atoms with van der Waals surface area (Å²) in [4.78, 5) is 12.0. The molecule has 3 nitrogen and oxygen atoms in total. The van der Waals surface area contributed by atoms with Crippen molar-refractivity contribution < 1.29 is 4.79 Å². The first-order valence-corrected chi connectivity index (χ1v) is 7.29. The third-order valence-corrected chi connectivity index (χ3v) is 3.94. The molecule has 19 heavy (non-hydrogen) atoms. The number of amides is 2. The normalized spacial score (nSPS) is 17.8. The summed E-state index contributed by atoms with van der Waals surface area (Å²) in [5, 5.41) is 6.12.